The zero-order valence-electron chi connectivity index (χ0n) is 18.8. The van der Waals surface area contributed by atoms with Crippen molar-refractivity contribution in [2.24, 2.45) is 0 Å². The van der Waals surface area contributed by atoms with Crippen LogP contribution in [0.3, 0.4) is 0 Å². The maximum Gasteiger partial charge on any atom is 0.274 e. The number of anilines is 1. The van der Waals surface area contributed by atoms with E-state index in [4.69, 9.17) is 4.42 Å². The van der Waals surface area contributed by atoms with Gasteiger partial charge in [-0.05, 0) is 50.7 Å². The lowest BCUT2D eigenvalue weighted by molar-refractivity contribution is -0.116. The molecule has 0 unspecified atom stereocenters. The van der Waals surface area contributed by atoms with E-state index in [9.17, 15) is 9.59 Å². The van der Waals surface area contributed by atoms with Crippen LogP contribution in [0.5, 0.6) is 0 Å². The Balaban J connectivity index is 1.64. The van der Waals surface area contributed by atoms with Gasteiger partial charge in [-0.15, -0.1) is 0 Å². The van der Waals surface area contributed by atoms with Crippen LogP contribution in [-0.2, 0) is 11.3 Å². The molecule has 168 valence electrons. The summed E-state index contributed by atoms with van der Waals surface area (Å²) in [5, 5.41) is 7.17. The summed E-state index contributed by atoms with van der Waals surface area (Å²) in [5.41, 5.74) is 2.81. The number of nitrogens with zero attached hydrogens (tertiary/aromatic N) is 4. The number of benzene rings is 1. The summed E-state index contributed by atoms with van der Waals surface area (Å²) >= 11 is 0. The van der Waals surface area contributed by atoms with Crippen LogP contribution in [0.1, 0.15) is 35.2 Å². The topological polar surface area (TPSA) is 85.7 Å². The predicted octanol–water partition coefficient (Wildman–Crippen LogP) is 3.31. The van der Waals surface area contributed by atoms with Gasteiger partial charge in [-0.1, -0.05) is 18.2 Å². The van der Waals surface area contributed by atoms with Crippen molar-refractivity contribution in [3.05, 3.63) is 59.5 Å². The van der Waals surface area contributed by atoms with Gasteiger partial charge >= 0.3 is 0 Å². The minimum atomic E-state index is -0.160. The van der Waals surface area contributed by atoms with Crippen molar-refractivity contribution in [3.63, 3.8) is 0 Å². The van der Waals surface area contributed by atoms with E-state index >= 15 is 0 Å². The van der Waals surface area contributed by atoms with Gasteiger partial charge in [0.05, 0.1) is 0 Å². The molecular formula is C24H29N5O3. The highest BCUT2D eigenvalue weighted by molar-refractivity contribution is 5.94. The fourth-order valence-corrected chi connectivity index (χ4v) is 4.01. The van der Waals surface area contributed by atoms with Gasteiger partial charge in [0.2, 0.25) is 5.91 Å². The van der Waals surface area contributed by atoms with E-state index in [0.29, 0.717) is 36.8 Å². The van der Waals surface area contributed by atoms with E-state index in [0.717, 1.165) is 36.5 Å². The molecule has 1 aromatic carbocycles. The zero-order valence-corrected chi connectivity index (χ0v) is 18.8. The zero-order chi connectivity index (χ0) is 22.7. The second-order valence-corrected chi connectivity index (χ2v) is 8.26. The Bertz CT molecular complexity index is 1100. The summed E-state index contributed by atoms with van der Waals surface area (Å²) in [7, 11) is 2.04. The molecule has 0 aliphatic carbocycles. The summed E-state index contributed by atoms with van der Waals surface area (Å²) in [6.45, 7) is 6.65. The number of hydrogen-bond acceptors (Lipinski definition) is 5. The van der Waals surface area contributed by atoms with Gasteiger partial charge in [-0.2, -0.15) is 5.10 Å². The molecule has 8 heteroatoms. The SMILES string of the molecule is CC(=O)N1CCCN(C)CCN(C(=O)c2cc(-c3ccc(C)o3)[nH]n2)Cc2ccccc21. The van der Waals surface area contributed by atoms with Crippen molar-refractivity contribution >= 4 is 17.5 Å². The maximum absolute atomic E-state index is 13.4. The number of fused-ring (bicyclic) bond motifs is 1. The second kappa shape index (κ2) is 9.40. The standard InChI is InChI=1S/C24H29N5O3/c1-17-9-10-23(32-17)20-15-21(26-25-20)24(31)28-14-13-27(3)11-6-12-29(18(2)30)22-8-5-4-7-19(22)16-28/h4-5,7-10,15H,6,11-14,16H2,1-3H3,(H,25,26). The van der Waals surface area contributed by atoms with Crippen LogP contribution >= 0.6 is 0 Å². The second-order valence-electron chi connectivity index (χ2n) is 8.26. The van der Waals surface area contributed by atoms with Gasteiger partial charge in [-0.3, -0.25) is 14.7 Å². The highest BCUT2D eigenvalue weighted by Gasteiger charge is 2.24. The van der Waals surface area contributed by atoms with Crippen molar-refractivity contribution in [2.75, 3.05) is 38.1 Å². The van der Waals surface area contributed by atoms with Crippen molar-refractivity contribution in [3.8, 4) is 11.5 Å². The normalized spacial score (nSPS) is 15.8. The molecule has 2 amide bonds. The minimum Gasteiger partial charge on any atom is -0.460 e. The molecule has 0 bridgehead atoms. The van der Waals surface area contributed by atoms with E-state index in [2.05, 4.69) is 15.1 Å². The molecule has 0 radical (unpaired) electrons. The molecule has 1 aliphatic heterocycles. The molecule has 0 fully saturated rings. The molecule has 3 heterocycles. The number of carbonyl (C=O) groups excluding carboxylic acids is 2. The van der Waals surface area contributed by atoms with Gasteiger partial charge < -0.3 is 19.1 Å². The summed E-state index contributed by atoms with van der Waals surface area (Å²) in [6.07, 6.45) is 0.865. The number of amides is 2. The molecule has 1 aliphatic rings. The number of likely N-dealkylation sites (N-methyl/N-ethyl adjacent to an activating group) is 1. The van der Waals surface area contributed by atoms with Crippen LogP contribution in [0.25, 0.3) is 11.5 Å². The first-order chi connectivity index (χ1) is 15.4. The highest BCUT2D eigenvalue weighted by atomic mass is 16.3. The average Bonchev–Trinajstić information content (AvgIpc) is 3.42. The Morgan fingerprint density at radius 1 is 1.06 bits per heavy atom. The number of carbonyl (C=O) groups is 2. The monoisotopic (exact) mass is 435 g/mol. The van der Waals surface area contributed by atoms with Crippen LogP contribution in [-0.4, -0.2) is 65.0 Å². The van der Waals surface area contributed by atoms with Gasteiger partial charge in [-0.25, -0.2) is 0 Å². The van der Waals surface area contributed by atoms with E-state index in [-0.39, 0.29) is 11.8 Å². The third kappa shape index (κ3) is 4.75. The van der Waals surface area contributed by atoms with Crippen molar-refractivity contribution < 1.29 is 14.0 Å². The summed E-state index contributed by atoms with van der Waals surface area (Å²) in [4.78, 5) is 31.6. The molecule has 8 nitrogen and oxygen atoms in total. The molecule has 4 rings (SSSR count). The molecule has 0 atom stereocenters. The number of H-pyrrole nitrogens is 1. The molecular weight excluding hydrogens is 406 g/mol. The van der Waals surface area contributed by atoms with Crippen molar-refractivity contribution in [1.29, 1.82) is 0 Å². The van der Waals surface area contributed by atoms with Crippen molar-refractivity contribution in [2.45, 2.75) is 26.8 Å². The van der Waals surface area contributed by atoms with Gasteiger partial charge in [0.1, 0.15) is 11.5 Å². The lowest BCUT2D eigenvalue weighted by Gasteiger charge is -2.27. The number of aromatic amines is 1. The molecule has 0 spiro atoms. The Labute approximate surface area is 187 Å². The third-order valence-electron chi connectivity index (χ3n) is 5.79. The Morgan fingerprint density at radius 3 is 2.62 bits per heavy atom. The smallest absolute Gasteiger partial charge is 0.274 e. The number of para-hydroxylation sites is 1. The minimum absolute atomic E-state index is 0.00270. The van der Waals surface area contributed by atoms with Crippen LogP contribution in [0.2, 0.25) is 0 Å². The number of furan rings is 1. The number of nitrogens with one attached hydrogen (secondary N) is 1. The molecule has 3 aromatic rings. The maximum atomic E-state index is 13.4. The fraction of sp³-hybridized carbons (Fsp3) is 0.375. The Kier molecular flexibility index (Phi) is 6.41. The molecule has 32 heavy (non-hydrogen) atoms. The van der Waals surface area contributed by atoms with Gasteiger partial charge in [0.25, 0.3) is 5.91 Å². The van der Waals surface area contributed by atoms with E-state index < -0.39 is 0 Å². The number of aryl methyl sites for hydroxylation is 1. The largest absolute Gasteiger partial charge is 0.460 e. The molecule has 2 aromatic heterocycles. The number of rotatable bonds is 2. The Morgan fingerprint density at radius 2 is 1.88 bits per heavy atom. The van der Waals surface area contributed by atoms with Crippen LogP contribution < -0.4 is 4.90 Å². The van der Waals surface area contributed by atoms with E-state index in [1.165, 1.54) is 0 Å². The fourth-order valence-electron chi connectivity index (χ4n) is 4.01. The van der Waals surface area contributed by atoms with E-state index in [1.54, 1.807) is 17.9 Å². The lowest BCUT2D eigenvalue weighted by atomic mass is 10.1. The molecule has 0 saturated heterocycles. The van der Waals surface area contributed by atoms with Crippen molar-refractivity contribution in [1.82, 2.24) is 20.0 Å². The summed E-state index contributed by atoms with van der Waals surface area (Å²) in [6, 6.07) is 13.3. The van der Waals surface area contributed by atoms with Crippen LogP contribution in [0.15, 0.2) is 46.9 Å². The van der Waals surface area contributed by atoms with Gasteiger partial charge in [0.15, 0.2) is 11.5 Å². The third-order valence-corrected chi connectivity index (χ3v) is 5.79. The summed E-state index contributed by atoms with van der Waals surface area (Å²) < 4.78 is 5.64. The molecule has 1 N–H and O–H groups in total. The Hall–Kier alpha value is -3.39. The quantitative estimate of drug-likeness (QED) is 0.668. The van der Waals surface area contributed by atoms with Crippen LogP contribution in [0, 0.1) is 6.92 Å². The first-order valence-corrected chi connectivity index (χ1v) is 10.9. The first kappa shape index (κ1) is 21.8. The summed E-state index contributed by atoms with van der Waals surface area (Å²) in [5.74, 6) is 1.29. The van der Waals surface area contributed by atoms with Crippen LogP contribution in [0.4, 0.5) is 5.69 Å². The highest BCUT2D eigenvalue weighted by Crippen LogP contribution is 2.25. The number of aromatic nitrogens is 2. The number of hydrogen-bond donors (Lipinski definition) is 1. The van der Waals surface area contributed by atoms with E-state index in [1.807, 2.05) is 55.3 Å². The average molecular weight is 436 g/mol. The first-order valence-electron chi connectivity index (χ1n) is 10.9. The molecule has 0 saturated carbocycles. The lowest BCUT2D eigenvalue weighted by Crippen LogP contribution is -2.37. The van der Waals surface area contributed by atoms with Gasteiger partial charge in [0, 0.05) is 44.9 Å². The predicted molar refractivity (Wildman–Crippen MR) is 122 cm³/mol.